The predicted molar refractivity (Wildman–Crippen MR) is 72.9 cm³/mol. The number of hydrogen-bond acceptors (Lipinski definition) is 2. The second-order valence-electron chi connectivity index (χ2n) is 4.93. The van der Waals surface area contributed by atoms with E-state index in [1.165, 1.54) is 12.8 Å². The molecule has 1 aliphatic rings. The first-order valence-corrected chi connectivity index (χ1v) is 7.00. The van der Waals surface area contributed by atoms with Crippen LogP contribution < -0.4 is 4.74 Å². The van der Waals surface area contributed by atoms with Crippen LogP contribution in [0, 0.1) is 11.8 Å². The minimum absolute atomic E-state index is 0.389. The van der Waals surface area contributed by atoms with Gasteiger partial charge in [0.05, 0.1) is 17.0 Å². The van der Waals surface area contributed by atoms with Crippen molar-refractivity contribution >= 4 is 21.9 Å². The second-order valence-corrected chi connectivity index (χ2v) is 5.72. The maximum Gasteiger partial charge on any atom is 0.306 e. The van der Waals surface area contributed by atoms with Gasteiger partial charge in [-0.25, -0.2) is 0 Å². The molecule has 0 aliphatic heterocycles. The van der Waals surface area contributed by atoms with Gasteiger partial charge >= 0.3 is 5.97 Å². The molecule has 1 aromatic carbocycles. The fourth-order valence-corrected chi connectivity index (χ4v) is 2.28. The fourth-order valence-electron chi connectivity index (χ4n) is 1.73. The lowest BCUT2D eigenvalue weighted by molar-refractivity contribution is -0.141. The zero-order chi connectivity index (χ0) is 13.1. The Labute approximate surface area is 115 Å². The molecule has 1 atom stereocenters. The molecule has 0 saturated heterocycles. The highest BCUT2D eigenvalue weighted by Crippen LogP contribution is 2.34. The Balaban J connectivity index is 2.05. The van der Waals surface area contributed by atoms with Crippen molar-refractivity contribution < 1.29 is 14.6 Å². The van der Waals surface area contributed by atoms with E-state index in [9.17, 15) is 4.79 Å². The van der Waals surface area contributed by atoms with Crippen molar-refractivity contribution in [1.29, 1.82) is 0 Å². The molecule has 2 rings (SSSR count). The Morgan fingerprint density at radius 3 is 2.89 bits per heavy atom. The summed E-state index contributed by atoms with van der Waals surface area (Å²) < 4.78 is 6.64. The van der Waals surface area contributed by atoms with Gasteiger partial charge in [0.25, 0.3) is 0 Å². The lowest BCUT2D eigenvalue weighted by atomic mass is 10.0. The van der Waals surface area contributed by atoms with Gasteiger partial charge in [0.2, 0.25) is 0 Å². The lowest BCUT2D eigenvalue weighted by Gasteiger charge is -2.13. The van der Waals surface area contributed by atoms with Crippen molar-refractivity contribution in [2.24, 2.45) is 11.8 Å². The van der Waals surface area contributed by atoms with Crippen LogP contribution in [0.4, 0.5) is 0 Å². The third kappa shape index (κ3) is 3.48. The Morgan fingerprint density at radius 1 is 1.56 bits per heavy atom. The number of ether oxygens (including phenoxy) is 1. The quantitative estimate of drug-likeness (QED) is 0.874. The number of aliphatic carboxylic acids is 1. The molecule has 18 heavy (non-hydrogen) atoms. The number of carboxylic acids is 1. The third-order valence-electron chi connectivity index (χ3n) is 3.16. The van der Waals surface area contributed by atoms with Gasteiger partial charge in [-0.05, 0) is 52.7 Å². The van der Waals surface area contributed by atoms with Crippen LogP contribution in [-0.4, -0.2) is 17.7 Å². The zero-order valence-corrected chi connectivity index (χ0v) is 11.9. The highest BCUT2D eigenvalue weighted by Gasteiger charge is 2.22. The molecule has 0 heterocycles. The molecule has 1 N–H and O–H groups in total. The SMILES string of the molecule is CC(Cc1cccc(OCC2CC2)c1Br)C(=O)O. The molecule has 0 amide bonds. The van der Waals surface area contributed by atoms with Crippen molar-refractivity contribution in [2.75, 3.05) is 6.61 Å². The topological polar surface area (TPSA) is 46.5 Å². The van der Waals surface area contributed by atoms with Gasteiger partial charge in [0, 0.05) is 0 Å². The first-order chi connectivity index (χ1) is 8.58. The molecular formula is C14H17BrO3. The van der Waals surface area contributed by atoms with Crippen LogP contribution in [0.2, 0.25) is 0 Å². The van der Waals surface area contributed by atoms with Gasteiger partial charge in [-0.3, -0.25) is 4.79 Å². The summed E-state index contributed by atoms with van der Waals surface area (Å²) in [6.45, 7) is 2.48. The number of carboxylic acid groups (broad SMARTS) is 1. The average molecular weight is 313 g/mol. The molecule has 0 spiro atoms. The summed E-state index contributed by atoms with van der Waals surface area (Å²) in [4.78, 5) is 10.9. The van der Waals surface area contributed by atoms with Gasteiger partial charge in [-0.15, -0.1) is 0 Å². The smallest absolute Gasteiger partial charge is 0.306 e. The molecule has 1 aromatic rings. The van der Waals surface area contributed by atoms with E-state index < -0.39 is 5.97 Å². The van der Waals surface area contributed by atoms with Crippen molar-refractivity contribution in [3.05, 3.63) is 28.2 Å². The van der Waals surface area contributed by atoms with E-state index in [1.807, 2.05) is 18.2 Å². The van der Waals surface area contributed by atoms with Gasteiger partial charge in [-0.1, -0.05) is 19.1 Å². The van der Waals surface area contributed by atoms with Gasteiger partial charge in [-0.2, -0.15) is 0 Å². The molecule has 1 saturated carbocycles. The lowest BCUT2D eigenvalue weighted by Crippen LogP contribution is -2.12. The summed E-state index contributed by atoms with van der Waals surface area (Å²) in [7, 11) is 0. The summed E-state index contributed by atoms with van der Waals surface area (Å²) in [5.41, 5.74) is 0.984. The molecule has 1 fully saturated rings. The van der Waals surface area contributed by atoms with E-state index >= 15 is 0 Å². The van der Waals surface area contributed by atoms with Crippen molar-refractivity contribution in [3.8, 4) is 5.75 Å². The minimum Gasteiger partial charge on any atom is -0.492 e. The number of halogens is 1. The van der Waals surface area contributed by atoms with Crippen LogP contribution in [0.15, 0.2) is 22.7 Å². The van der Waals surface area contributed by atoms with Crippen LogP contribution >= 0.6 is 15.9 Å². The molecule has 98 valence electrons. The van der Waals surface area contributed by atoms with Crippen molar-refractivity contribution in [1.82, 2.24) is 0 Å². The molecule has 0 aromatic heterocycles. The minimum atomic E-state index is -0.772. The van der Waals surface area contributed by atoms with Crippen LogP contribution in [-0.2, 0) is 11.2 Å². The maximum absolute atomic E-state index is 10.9. The molecular weight excluding hydrogens is 296 g/mol. The summed E-state index contributed by atoms with van der Waals surface area (Å²) in [6, 6.07) is 5.77. The summed E-state index contributed by atoms with van der Waals surface area (Å²) in [5, 5.41) is 8.94. The number of carbonyl (C=O) groups is 1. The van der Waals surface area contributed by atoms with Crippen LogP contribution in [0.1, 0.15) is 25.3 Å². The molecule has 1 aliphatic carbocycles. The first kappa shape index (κ1) is 13.4. The van der Waals surface area contributed by atoms with E-state index in [0.29, 0.717) is 12.3 Å². The zero-order valence-electron chi connectivity index (χ0n) is 10.4. The Bertz CT molecular complexity index is 441. The maximum atomic E-state index is 10.9. The number of hydrogen-bond donors (Lipinski definition) is 1. The van der Waals surface area contributed by atoms with E-state index in [1.54, 1.807) is 6.92 Å². The average Bonchev–Trinajstić information content (AvgIpc) is 3.14. The molecule has 0 radical (unpaired) electrons. The van der Waals surface area contributed by atoms with Gasteiger partial charge < -0.3 is 9.84 Å². The van der Waals surface area contributed by atoms with Crippen molar-refractivity contribution in [3.63, 3.8) is 0 Å². The number of benzene rings is 1. The fraction of sp³-hybridized carbons (Fsp3) is 0.500. The standard InChI is InChI=1S/C14H17BrO3/c1-9(14(16)17)7-11-3-2-4-12(13(11)15)18-8-10-5-6-10/h2-4,9-10H,5-8H2,1H3,(H,16,17). The molecule has 1 unspecified atom stereocenters. The summed E-state index contributed by atoms with van der Waals surface area (Å²) in [5.74, 6) is 0.363. The number of rotatable bonds is 6. The molecule has 4 heteroatoms. The highest BCUT2D eigenvalue weighted by atomic mass is 79.9. The van der Waals surface area contributed by atoms with Gasteiger partial charge in [0.15, 0.2) is 0 Å². The monoisotopic (exact) mass is 312 g/mol. The van der Waals surface area contributed by atoms with E-state index in [4.69, 9.17) is 9.84 Å². The summed E-state index contributed by atoms with van der Waals surface area (Å²) in [6.07, 6.45) is 3.03. The van der Waals surface area contributed by atoms with E-state index in [2.05, 4.69) is 15.9 Å². The van der Waals surface area contributed by atoms with Crippen LogP contribution in [0.25, 0.3) is 0 Å². The second kappa shape index (κ2) is 5.74. The van der Waals surface area contributed by atoms with E-state index in [-0.39, 0.29) is 5.92 Å². The Hall–Kier alpha value is -1.03. The first-order valence-electron chi connectivity index (χ1n) is 6.21. The van der Waals surface area contributed by atoms with Crippen LogP contribution in [0.3, 0.4) is 0 Å². The van der Waals surface area contributed by atoms with Crippen molar-refractivity contribution in [2.45, 2.75) is 26.2 Å². The Kier molecular flexibility index (Phi) is 4.27. The Morgan fingerprint density at radius 2 is 2.28 bits per heavy atom. The molecule has 3 nitrogen and oxygen atoms in total. The largest absolute Gasteiger partial charge is 0.492 e. The summed E-state index contributed by atoms with van der Waals surface area (Å²) >= 11 is 3.51. The van der Waals surface area contributed by atoms with E-state index in [0.717, 1.165) is 22.4 Å². The normalized spacial score (nSPS) is 16.3. The van der Waals surface area contributed by atoms with Crippen LogP contribution in [0.5, 0.6) is 5.75 Å². The third-order valence-corrected chi connectivity index (χ3v) is 4.06. The predicted octanol–water partition coefficient (Wildman–Crippen LogP) is 3.50. The highest BCUT2D eigenvalue weighted by molar-refractivity contribution is 9.10. The van der Waals surface area contributed by atoms with Gasteiger partial charge in [0.1, 0.15) is 5.75 Å². The molecule has 0 bridgehead atoms.